The van der Waals surface area contributed by atoms with Crippen LogP contribution in [0.1, 0.15) is 25.3 Å². The summed E-state index contributed by atoms with van der Waals surface area (Å²) in [6, 6.07) is 14.5. The van der Waals surface area contributed by atoms with Crippen molar-refractivity contribution in [2.75, 3.05) is 11.6 Å². The molecule has 28 heavy (non-hydrogen) atoms. The minimum atomic E-state index is -1.39. The lowest BCUT2D eigenvalue weighted by Crippen LogP contribution is -2.44. The predicted octanol–water partition coefficient (Wildman–Crippen LogP) is 3.38. The summed E-state index contributed by atoms with van der Waals surface area (Å²) in [6.45, 7) is 2.53. The smallest absolute Gasteiger partial charge is 0.271 e. The van der Waals surface area contributed by atoms with Crippen LogP contribution >= 0.6 is 0 Å². The molecule has 144 valence electrons. The Labute approximate surface area is 160 Å². The summed E-state index contributed by atoms with van der Waals surface area (Å²) in [5.41, 5.74) is -0.613. The highest BCUT2D eigenvalue weighted by Gasteiger charge is 2.54. The van der Waals surface area contributed by atoms with Gasteiger partial charge in [-0.15, -0.1) is 0 Å². The Morgan fingerprint density at radius 2 is 1.68 bits per heavy atom. The van der Waals surface area contributed by atoms with E-state index in [1.165, 1.54) is 23.2 Å². The van der Waals surface area contributed by atoms with E-state index in [0.717, 1.165) is 0 Å². The number of amides is 1. The molecule has 1 aliphatic rings. The molecule has 0 N–H and O–H groups in total. The van der Waals surface area contributed by atoms with E-state index in [0.29, 0.717) is 11.4 Å². The fourth-order valence-electron chi connectivity index (χ4n) is 3.51. The van der Waals surface area contributed by atoms with Crippen molar-refractivity contribution in [3.05, 3.63) is 80.4 Å². The van der Waals surface area contributed by atoms with Crippen molar-refractivity contribution in [1.29, 1.82) is 0 Å². The number of para-hydroxylation sites is 2. The van der Waals surface area contributed by atoms with Crippen LogP contribution in [0.25, 0.3) is 0 Å². The zero-order valence-electron chi connectivity index (χ0n) is 15.3. The van der Waals surface area contributed by atoms with Crippen molar-refractivity contribution in [3.63, 3.8) is 0 Å². The predicted molar refractivity (Wildman–Crippen MR) is 103 cm³/mol. The average molecular weight is 382 g/mol. The van der Waals surface area contributed by atoms with Gasteiger partial charge in [-0.25, -0.2) is 0 Å². The van der Waals surface area contributed by atoms with Crippen LogP contribution in [0.4, 0.5) is 11.4 Å². The largest absolute Gasteiger partial charge is 0.273 e. The minimum absolute atomic E-state index is 0.143. The number of nitrogens with zero attached hydrogens (tertiary/aromatic N) is 4. The SMILES string of the molecule is CC1=NN(c2ccccc2)C(=O)C1(C)C(C[N+](=O)[O-])c1ccccc1[N+](=O)[O-]. The van der Waals surface area contributed by atoms with Crippen LogP contribution < -0.4 is 5.01 Å². The molecule has 0 spiro atoms. The quantitative estimate of drug-likeness (QED) is 0.560. The Kier molecular flexibility index (Phi) is 4.91. The fraction of sp³-hybridized carbons (Fsp3) is 0.263. The van der Waals surface area contributed by atoms with Gasteiger partial charge in [0.1, 0.15) is 5.41 Å². The molecule has 2 aromatic rings. The molecule has 1 amide bonds. The van der Waals surface area contributed by atoms with Gasteiger partial charge in [0.15, 0.2) is 0 Å². The standard InChI is InChI=1S/C19H18N4O5/c1-13-19(2,18(24)22(20-13)14-8-4-3-5-9-14)16(12-21(25)26)15-10-6-7-11-17(15)23(27)28/h3-11,16H,12H2,1-2H3. The molecule has 3 rings (SSSR count). The molecular formula is C19H18N4O5. The van der Waals surface area contributed by atoms with Gasteiger partial charge in [0.25, 0.3) is 11.6 Å². The van der Waals surface area contributed by atoms with E-state index in [-0.39, 0.29) is 11.3 Å². The first kappa shape index (κ1) is 19.2. The van der Waals surface area contributed by atoms with Gasteiger partial charge in [-0.05, 0) is 26.0 Å². The zero-order valence-corrected chi connectivity index (χ0v) is 15.3. The maximum absolute atomic E-state index is 13.3. The fourth-order valence-corrected chi connectivity index (χ4v) is 3.51. The van der Waals surface area contributed by atoms with E-state index in [4.69, 9.17) is 0 Å². The van der Waals surface area contributed by atoms with Gasteiger partial charge in [-0.3, -0.25) is 25.0 Å². The number of hydrazone groups is 1. The normalized spacial score (nSPS) is 20.0. The first-order chi connectivity index (χ1) is 13.3. The summed E-state index contributed by atoms with van der Waals surface area (Å²) in [7, 11) is 0. The summed E-state index contributed by atoms with van der Waals surface area (Å²) in [5, 5.41) is 28.4. The highest BCUT2D eigenvalue weighted by Crippen LogP contribution is 2.46. The van der Waals surface area contributed by atoms with Gasteiger partial charge < -0.3 is 0 Å². The molecule has 2 aromatic carbocycles. The van der Waals surface area contributed by atoms with E-state index in [1.807, 2.05) is 0 Å². The van der Waals surface area contributed by atoms with Crippen LogP contribution in [0, 0.1) is 25.6 Å². The first-order valence-electron chi connectivity index (χ1n) is 8.57. The van der Waals surface area contributed by atoms with Crippen molar-refractivity contribution in [2.24, 2.45) is 10.5 Å². The second-order valence-corrected chi connectivity index (χ2v) is 6.72. The van der Waals surface area contributed by atoms with Gasteiger partial charge in [0, 0.05) is 16.6 Å². The van der Waals surface area contributed by atoms with E-state index in [1.54, 1.807) is 50.2 Å². The number of carbonyl (C=O) groups is 1. The molecule has 0 saturated heterocycles. The number of hydrogen-bond acceptors (Lipinski definition) is 6. The maximum atomic E-state index is 13.3. The summed E-state index contributed by atoms with van der Waals surface area (Å²) in [5.74, 6) is -1.50. The third-order valence-corrected chi connectivity index (χ3v) is 5.18. The third kappa shape index (κ3) is 3.11. The third-order valence-electron chi connectivity index (χ3n) is 5.18. The van der Waals surface area contributed by atoms with Gasteiger partial charge in [-0.2, -0.15) is 10.1 Å². The Morgan fingerprint density at radius 1 is 1.07 bits per heavy atom. The topological polar surface area (TPSA) is 119 Å². The lowest BCUT2D eigenvalue weighted by atomic mass is 9.69. The van der Waals surface area contributed by atoms with Crippen LogP contribution in [-0.4, -0.2) is 28.0 Å². The Balaban J connectivity index is 2.13. The van der Waals surface area contributed by atoms with Crippen molar-refractivity contribution in [1.82, 2.24) is 0 Å². The number of benzene rings is 2. The van der Waals surface area contributed by atoms with Crippen molar-refractivity contribution in [2.45, 2.75) is 19.8 Å². The number of rotatable bonds is 6. The highest BCUT2D eigenvalue weighted by atomic mass is 16.6. The molecule has 0 aliphatic carbocycles. The highest BCUT2D eigenvalue weighted by molar-refractivity contribution is 6.19. The number of nitro benzene ring substituents is 1. The van der Waals surface area contributed by atoms with Crippen LogP contribution in [0.3, 0.4) is 0 Å². The molecule has 0 aromatic heterocycles. The van der Waals surface area contributed by atoms with E-state index < -0.39 is 33.6 Å². The van der Waals surface area contributed by atoms with E-state index in [9.17, 15) is 25.0 Å². The maximum Gasteiger partial charge on any atom is 0.273 e. The summed E-state index contributed by atoms with van der Waals surface area (Å²) in [4.78, 5) is 35.1. The van der Waals surface area contributed by atoms with Crippen LogP contribution in [-0.2, 0) is 4.79 Å². The van der Waals surface area contributed by atoms with Crippen molar-refractivity contribution < 1.29 is 14.6 Å². The Hall–Kier alpha value is -3.62. The molecule has 9 nitrogen and oxygen atoms in total. The number of anilines is 1. The summed E-state index contributed by atoms with van der Waals surface area (Å²) >= 11 is 0. The summed E-state index contributed by atoms with van der Waals surface area (Å²) in [6.07, 6.45) is 0. The average Bonchev–Trinajstić information content (AvgIpc) is 2.91. The number of nitro groups is 2. The second-order valence-electron chi connectivity index (χ2n) is 6.72. The Bertz CT molecular complexity index is 975. The number of hydrogen-bond donors (Lipinski definition) is 0. The molecule has 0 bridgehead atoms. The van der Waals surface area contributed by atoms with Gasteiger partial charge >= 0.3 is 0 Å². The zero-order chi connectivity index (χ0) is 20.5. The van der Waals surface area contributed by atoms with Crippen LogP contribution in [0.5, 0.6) is 0 Å². The van der Waals surface area contributed by atoms with Gasteiger partial charge in [0.05, 0.1) is 22.2 Å². The van der Waals surface area contributed by atoms with Crippen molar-refractivity contribution >= 4 is 23.0 Å². The lowest BCUT2D eigenvalue weighted by Gasteiger charge is -2.30. The number of carbonyl (C=O) groups excluding carboxylic acids is 1. The Morgan fingerprint density at radius 3 is 2.29 bits per heavy atom. The molecule has 9 heteroatoms. The van der Waals surface area contributed by atoms with Crippen LogP contribution in [0.2, 0.25) is 0 Å². The van der Waals surface area contributed by atoms with Crippen molar-refractivity contribution in [3.8, 4) is 0 Å². The molecule has 1 heterocycles. The minimum Gasteiger partial charge on any atom is -0.271 e. The molecule has 2 atom stereocenters. The second kappa shape index (κ2) is 7.18. The summed E-state index contributed by atoms with van der Waals surface area (Å²) < 4.78 is 0. The van der Waals surface area contributed by atoms with Gasteiger partial charge in [-0.1, -0.05) is 36.4 Å². The molecule has 0 fully saturated rings. The van der Waals surface area contributed by atoms with Gasteiger partial charge in [0.2, 0.25) is 6.54 Å². The lowest BCUT2D eigenvalue weighted by molar-refractivity contribution is -0.485. The molecule has 0 saturated carbocycles. The van der Waals surface area contributed by atoms with E-state index >= 15 is 0 Å². The molecule has 1 aliphatic heterocycles. The monoisotopic (exact) mass is 382 g/mol. The first-order valence-corrected chi connectivity index (χ1v) is 8.57. The molecule has 2 unspecified atom stereocenters. The molecule has 0 radical (unpaired) electrons. The molecular weight excluding hydrogens is 364 g/mol. The van der Waals surface area contributed by atoms with E-state index in [2.05, 4.69) is 5.10 Å². The van der Waals surface area contributed by atoms with Crippen LogP contribution in [0.15, 0.2) is 59.7 Å².